The zero-order valence-corrected chi connectivity index (χ0v) is 12.1. The van der Waals surface area contributed by atoms with Gasteiger partial charge in [-0.3, -0.25) is 4.99 Å². The topological polar surface area (TPSA) is 65.3 Å². The van der Waals surface area contributed by atoms with Crippen molar-refractivity contribution in [2.45, 2.75) is 48.8 Å². The molecule has 2 aliphatic rings. The van der Waals surface area contributed by atoms with Crippen LogP contribution in [0.5, 0.6) is 0 Å². The summed E-state index contributed by atoms with van der Waals surface area (Å²) in [5, 5.41) is 20.2. The summed E-state index contributed by atoms with van der Waals surface area (Å²) in [6.45, 7) is 0.620. The first-order valence-corrected chi connectivity index (χ1v) is 6.96. The van der Waals surface area contributed by atoms with Gasteiger partial charge in [-0.1, -0.05) is 11.8 Å². The number of aliphatic imine (C=N–C) groups is 1. The Morgan fingerprint density at radius 2 is 2.00 bits per heavy atom. The Hall–Kier alpha value is -0.510. The van der Waals surface area contributed by atoms with E-state index in [9.17, 15) is 23.4 Å². The summed E-state index contributed by atoms with van der Waals surface area (Å²) in [5.74, 6) is 0. The Labute approximate surface area is 118 Å². The lowest BCUT2D eigenvalue weighted by atomic mass is 9.88. The van der Waals surface area contributed by atoms with Crippen LogP contribution in [0, 0.1) is 0 Å². The van der Waals surface area contributed by atoms with Gasteiger partial charge in [-0.15, -0.1) is 0 Å². The molecule has 9 heteroatoms. The number of hydrogen-bond donors (Lipinski definition) is 2. The van der Waals surface area contributed by atoms with E-state index in [1.165, 1.54) is 11.8 Å². The Kier molecular flexibility index (Phi) is 4.00. The van der Waals surface area contributed by atoms with Gasteiger partial charge in [0.15, 0.2) is 10.8 Å². The largest absolute Gasteiger partial charge is 0.419 e. The highest BCUT2D eigenvalue weighted by atomic mass is 32.2. The maximum Gasteiger partial charge on any atom is 0.419 e. The van der Waals surface area contributed by atoms with Crippen molar-refractivity contribution < 1.29 is 28.1 Å². The van der Waals surface area contributed by atoms with Crippen LogP contribution >= 0.6 is 11.8 Å². The number of fused-ring (bicyclic) bond motifs is 1. The molecule has 0 spiro atoms. The van der Waals surface area contributed by atoms with Gasteiger partial charge in [-0.2, -0.15) is 13.2 Å². The molecule has 1 fully saturated rings. The predicted octanol–water partition coefficient (Wildman–Crippen LogP) is 0.809. The molecule has 0 radical (unpaired) electrons. The van der Waals surface area contributed by atoms with Gasteiger partial charge < -0.3 is 19.8 Å². The summed E-state index contributed by atoms with van der Waals surface area (Å²) in [7, 11) is 3.53. The molecule has 0 aliphatic carbocycles. The second kappa shape index (κ2) is 5.04. The summed E-state index contributed by atoms with van der Waals surface area (Å²) >= 11 is 1.20. The molecule has 0 bridgehead atoms. The van der Waals surface area contributed by atoms with Crippen LogP contribution in [0.25, 0.3) is 0 Å². The molecule has 5 nitrogen and oxygen atoms in total. The van der Waals surface area contributed by atoms with Crippen LogP contribution in [0.1, 0.15) is 13.3 Å². The number of aliphatic hydroxyl groups is 2. The van der Waals surface area contributed by atoms with Gasteiger partial charge in [0.2, 0.25) is 0 Å². The summed E-state index contributed by atoms with van der Waals surface area (Å²) in [6, 6.07) is -0.396. The number of aliphatic hydroxyl groups excluding tert-OH is 1. The number of alkyl halides is 3. The second-order valence-electron chi connectivity index (χ2n) is 5.36. The maximum atomic E-state index is 12.9. The Morgan fingerprint density at radius 3 is 2.50 bits per heavy atom. The summed E-state index contributed by atoms with van der Waals surface area (Å²) in [4.78, 5) is 6.03. The van der Waals surface area contributed by atoms with Crippen LogP contribution in [-0.2, 0) is 4.74 Å². The van der Waals surface area contributed by atoms with Gasteiger partial charge in [0.05, 0.1) is 12.1 Å². The van der Waals surface area contributed by atoms with Gasteiger partial charge in [-0.25, -0.2) is 0 Å². The Morgan fingerprint density at radius 1 is 1.40 bits per heavy atom. The number of ether oxygens (including phenoxy) is 1. The minimum atomic E-state index is -4.88. The number of rotatable bonds is 1. The Balaban J connectivity index is 2.15. The summed E-state index contributed by atoms with van der Waals surface area (Å²) in [6.07, 6.45) is -7.97. The molecule has 1 saturated heterocycles. The fourth-order valence-electron chi connectivity index (χ4n) is 2.19. The number of halogens is 3. The highest BCUT2D eigenvalue weighted by Gasteiger charge is 2.60. The molecule has 0 saturated carbocycles. The average molecular weight is 314 g/mol. The van der Waals surface area contributed by atoms with E-state index in [0.717, 1.165) is 0 Å². The third kappa shape index (κ3) is 2.63. The second-order valence-corrected chi connectivity index (χ2v) is 6.43. The summed E-state index contributed by atoms with van der Waals surface area (Å²) < 4.78 is 43.9. The molecule has 116 valence electrons. The highest BCUT2D eigenvalue weighted by Crippen LogP contribution is 2.43. The van der Waals surface area contributed by atoms with Gasteiger partial charge in [-0.05, 0) is 6.92 Å². The fraction of sp³-hybridized carbons (Fsp3) is 0.909. The smallest absolute Gasteiger partial charge is 0.390 e. The van der Waals surface area contributed by atoms with Crippen LogP contribution in [0.3, 0.4) is 0 Å². The molecule has 2 N–H and O–H groups in total. The van der Waals surface area contributed by atoms with E-state index in [-0.39, 0.29) is 6.42 Å². The predicted molar refractivity (Wildman–Crippen MR) is 68.5 cm³/mol. The first kappa shape index (κ1) is 15.9. The average Bonchev–Trinajstić information content (AvgIpc) is 2.68. The number of thioether (sulfide) groups is 1. The van der Waals surface area contributed by atoms with E-state index in [2.05, 4.69) is 4.99 Å². The van der Waals surface area contributed by atoms with Gasteiger partial charge in [0.1, 0.15) is 11.5 Å². The number of nitrogens with zero attached hydrogens (tertiary/aromatic N) is 2. The van der Waals surface area contributed by atoms with Crippen molar-refractivity contribution in [1.29, 1.82) is 0 Å². The monoisotopic (exact) mass is 314 g/mol. The van der Waals surface area contributed by atoms with Crippen LogP contribution < -0.4 is 0 Å². The molecule has 0 aromatic carbocycles. The van der Waals surface area contributed by atoms with Crippen molar-refractivity contribution in [2.75, 3.05) is 14.1 Å². The first-order chi connectivity index (χ1) is 9.04. The maximum absolute atomic E-state index is 12.9. The lowest BCUT2D eigenvalue weighted by molar-refractivity contribution is -0.309. The quantitative estimate of drug-likeness (QED) is 0.750. The third-order valence-electron chi connectivity index (χ3n) is 3.44. The molecular weight excluding hydrogens is 297 g/mol. The molecule has 2 aliphatic heterocycles. The molecule has 1 unspecified atom stereocenters. The van der Waals surface area contributed by atoms with Crippen molar-refractivity contribution in [2.24, 2.45) is 4.99 Å². The molecule has 2 rings (SSSR count). The first-order valence-electron chi connectivity index (χ1n) is 6.08. The van der Waals surface area contributed by atoms with E-state index in [0.29, 0.717) is 12.1 Å². The van der Waals surface area contributed by atoms with Crippen molar-refractivity contribution in [1.82, 2.24) is 4.90 Å². The van der Waals surface area contributed by atoms with Crippen LogP contribution in [0.4, 0.5) is 13.2 Å². The number of amidine groups is 1. The van der Waals surface area contributed by atoms with Crippen molar-refractivity contribution in [3.05, 3.63) is 0 Å². The van der Waals surface area contributed by atoms with Gasteiger partial charge in [0.25, 0.3) is 0 Å². The van der Waals surface area contributed by atoms with Gasteiger partial charge >= 0.3 is 6.18 Å². The fourth-order valence-corrected chi connectivity index (χ4v) is 3.31. The third-order valence-corrected chi connectivity index (χ3v) is 4.77. The lowest BCUT2D eigenvalue weighted by Crippen LogP contribution is -2.61. The van der Waals surface area contributed by atoms with Gasteiger partial charge in [0, 0.05) is 20.5 Å². The molecule has 0 aromatic heterocycles. The van der Waals surface area contributed by atoms with Crippen LogP contribution in [0.15, 0.2) is 4.99 Å². The van der Waals surface area contributed by atoms with E-state index < -0.39 is 35.5 Å². The Bertz CT molecular complexity index is 414. The lowest BCUT2D eigenvalue weighted by Gasteiger charge is -2.42. The number of hydrogen-bond acceptors (Lipinski definition) is 6. The SMILES string of the molecule is CN(C)C1=N[C@@H]2C[C@H](O)C([C@@](C)(O)C(F)(F)F)O[C@@H]2S1. The van der Waals surface area contributed by atoms with Crippen molar-refractivity contribution >= 4 is 16.9 Å². The standard InChI is InChI=1S/C11H17F3N2O3S/c1-10(18,11(12,13)14)7-6(17)4-5-8(19-7)20-9(15-5)16(2)3/h5-8,17-18H,4H2,1-3H3/t5-,6+,7?,8-,10-/m1/s1. The summed E-state index contributed by atoms with van der Waals surface area (Å²) in [5.41, 5.74) is -3.71. The molecule has 0 aromatic rings. The minimum absolute atomic E-state index is 0.0336. The van der Waals surface area contributed by atoms with E-state index in [4.69, 9.17) is 4.74 Å². The minimum Gasteiger partial charge on any atom is -0.390 e. The molecular formula is C11H17F3N2O3S. The van der Waals surface area contributed by atoms with E-state index >= 15 is 0 Å². The molecule has 5 atom stereocenters. The van der Waals surface area contributed by atoms with Crippen molar-refractivity contribution in [3.8, 4) is 0 Å². The molecule has 0 amide bonds. The van der Waals surface area contributed by atoms with Crippen LogP contribution in [-0.4, -0.2) is 69.8 Å². The van der Waals surface area contributed by atoms with E-state index in [1.807, 2.05) is 0 Å². The normalized spacial score (nSPS) is 37.1. The molecule has 20 heavy (non-hydrogen) atoms. The van der Waals surface area contributed by atoms with E-state index in [1.54, 1.807) is 19.0 Å². The van der Waals surface area contributed by atoms with Crippen LogP contribution in [0.2, 0.25) is 0 Å². The zero-order valence-electron chi connectivity index (χ0n) is 11.3. The molecule has 2 heterocycles. The van der Waals surface area contributed by atoms with Crippen molar-refractivity contribution in [3.63, 3.8) is 0 Å². The highest BCUT2D eigenvalue weighted by molar-refractivity contribution is 8.14. The zero-order chi connectivity index (χ0) is 15.3.